The van der Waals surface area contributed by atoms with Crippen LogP contribution in [0.25, 0.3) is 11.1 Å². The summed E-state index contributed by atoms with van der Waals surface area (Å²) in [5.41, 5.74) is 0.497. The lowest BCUT2D eigenvalue weighted by atomic mass is 10.0. The van der Waals surface area contributed by atoms with Gasteiger partial charge in [0.1, 0.15) is 18.2 Å². The third-order valence-electron chi connectivity index (χ3n) is 6.10. The zero-order chi connectivity index (χ0) is 23.7. The molecule has 2 aliphatic rings. The number of ether oxygens (including phenoxy) is 3. The van der Waals surface area contributed by atoms with E-state index in [1.54, 1.807) is 12.1 Å². The molecule has 0 N–H and O–H groups in total. The van der Waals surface area contributed by atoms with Crippen molar-refractivity contribution in [2.75, 3.05) is 6.61 Å². The molecule has 1 saturated carbocycles. The molecule has 6 nitrogen and oxygen atoms in total. The minimum Gasteiger partial charge on any atom is -0.490 e. The van der Waals surface area contributed by atoms with E-state index in [1.807, 2.05) is 4.57 Å². The van der Waals surface area contributed by atoms with Crippen molar-refractivity contribution in [3.63, 3.8) is 0 Å². The van der Waals surface area contributed by atoms with Crippen LogP contribution < -0.4 is 15.0 Å². The van der Waals surface area contributed by atoms with Gasteiger partial charge >= 0.3 is 6.01 Å². The van der Waals surface area contributed by atoms with Crippen molar-refractivity contribution in [3.05, 3.63) is 76.0 Å². The Bertz CT molecular complexity index is 1240. The van der Waals surface area contributed by atoms with Gasteiger partial charge in [0.25, 0.3) is 5.56 Å². The van der Waals surface area contributed by atoms with Crippen LogP contribution >= 0.6 is 0 Å². The van der Waals surface area contributed by atoms with Crippen LogP contribution in [0.15, 0.2) is 47.3 Å². The highest BCUT2D eigenvalue weighted by molar-refractivity contribution is 5.65. The Morgan fingerprint density at radius 3 is 2.59 bits per heavy atom. The van der Waals surface area contributed by atoms with Crippen LogP contribution in [0.3, 0.4) is 0 Å². The quantitative estimate of drug-likeness (QED) is 0.470. The molecule has 1 atom stereocenters. The van der Waals surface area contributed by atoms with Crippen molar-refractivity contribution < 1.29 is 27.4 Å². The number of aromatic nitrogens is 2. The van der Waals surface area contributed by atoms with Crippen molar-refractivity contribution in [3.8, 4) is 22.9 Å². The van der Waals surface area contributed by atoms with Gasteiger partial charge in [-0.25, -0.2) is 13.2 Å². The van der Waals surface area contributed by atoms with Crippen LogP contribution in [0, 0.1) is 17.5 Å². The van der Waals surface area contributed by atoms with Crippen LogP contribution in [0.2, 0.25) is 0 Å². The number of hydrogen-bond acceptors (Lipinski definition) is 5. The largest absolute Gasteiger partial charge is 0.490 e. The molecule has 0 saturated heterocycles. The fourth-order valence-corrected chi connectivity index (χ4v) is 4.36. The standard InChI is InChI=1S/C25H23F3N2O4/c26-16-9-21(24(28)22(27)10-16)15-5-7-19(8-6-15)33-14-20-12-30-17(11-23(31)29-25(30)34-20)13-32-18-3-1-2-4-18/h5-11,18,20H,1-4,12-14H2/t20-/m0/s1. The number of rotatable bonds is 7. The van der Waals surface area contributed by atoms with E-state index in [0.29, 0.717) is 30.5 Å². The minimum absolute atomic E-state index is 0.165. The van der Waals surface area contributed by atoms with Crippen molar-refractivity contribution >= 4 is 0 Å². The first kappa shape index (κ1) is 22.5. The van der Waals surface area contributed by atoms with E-state index in [-0.39, 0.29) is 35.9 Å². The molecule has 178 valence electrons. The maximum Gasteiger partial charge on any atom is 0.300 e. The highest BCUT2D eigenvalue weighted by Gasteiger charge is 2.27. The van der Waals surface area contributed by atoms with Gasteiger partial charge in [0.2, 0.25) is 0 Å². The SMILES string of the molecule is O=c1cc(COC2CCCC2)n2c(n1)O[C@H](COc1ccc(-c3cc(F)cc(F)c3F)cc1)C2. The molecule has 0 radical (unpaired) electrons. The van der Waals surface area contributed by atoms with E-state index < -0.39 is 17.5 Å². The summed E-state index contributed by atoms with van der Waals surface area (Å²) in [6.07, 6.45) is 4.26. The van der Waals surface area contributed by atoms with E-state index in [0.717, 1.165) is 37.4 Å². The first-order chi connectivity index (χ1) is 16.5. The van der Waals surface area contributed by atoms with Crippen LogP contribution in [0.5, 0.6) is 11.8 Å². The van der Waals surface area contributed by atoms with Crippen molar-refractivity contribution in [1.82, 2.24) is 9.55 Å². The molecule has 0 amide bonds. The molecule has 34 heavy (non-hydrogen) atoms. The Morgan fingerprint density at radius 2 is 1.82 bits per heavy atom. The van der Waals surface area contributed by atoms with Gasteiger partial charge in [0.15, 0.2) is 17.7 Å². The number of halogens is 3. The predicted octanol–water partition coefficient (Wildman–Crippen LogP) is 4.63. The van der Waals surface area contributed by atoms with E-state index >= 15 is 0 Å². The lowest BCUT2D eigenvalue weighted by molar-refractivity contribution is 0.0418. The van der Waals surface area contributed by atoms with Gasteiger partial charge in [-0.15, -0.1) is 0 Å². The monoisotopic (exact) mass is 472 g/mol. The molecule has 2 heterocycles. The number of hydrogen-bond donors (Lipinski definition) is 0. The molecule has 3 aromatic rings. The molecule has 1 aromatic heterocycles. The van der Waals surface area contributed by atoms with E-state index in [1.165, 1.54) is 18.2 Å². The van der Waals surface area contributed by atoms with Gasteiger partial charge in [-0.2, -0.15) is 4.98 Å². The summed E-state index contributed by atoms with van der Waals surface area (Å²) < 4.78 is 60.4. The molecule has 0 bridgehead atoms. The van der Waals surface area contributed by atoms with Crippen LogP contribution in [0.4, 0.5) is 13.2 Å². The van der Waals surface area contributed by atoms with Gasteiger partial charge in [-0.3, -0.25) is 9.36 Å². The normalized spacial score (nSPS) is 17.6. The molecule has 5 rings (SSSR count). The second kappa shape index (κ2) is 9.50. The Labute approximate surface area is 193 Å². The average molecular weight is 472 g/mol. The van der Waals surface area contributed by atoms with Crippen molar-refractivity contribution in [2.45, 2.75) is 51.0 Å². The highest BCUT2D eigenvalue weighted by Crippen LogP contribution is 2.28. The third kappa shape index (κ3) is 4.79. The van der Waals surface area contributed by atoms with Crippen LogP contribution in [0.1, 0.15) is 31.4 Å². The zero-order valence-corrected chi connectivity index (χ0v) is 18.3. The molecule has 1 aliphatic carbocycles. The fourth-order valence-electron chi connectivity index (χ4n) is 4.36. The number of fused-ring (bicyclic) bond motifs is 1. The lowest BCUT2D eigenvalue weighted by Gasteiger charge is -2.14. The van der Waals surface area contributed by atoms with Gasteiger partial charge in [-0.1, -0.05) is 25.0 Å². The second-order valence-electron chi connectivity index (χ2n) is 8.52. The van der Waals surface area contributed by atoms with Gasteiger partial charge in [0.05, 0.1) is 24.9 Å². The minimum atomic E-state index is -1.24. The Morgan fingerprint density at radius 1 is 1.06 bits per heavy atom. The molecular formula is C25H23F3N2O4. The number of benzene rings is 2. The maximum atomic E-state index is 14.0. The molecule has 1 aliphatic heterocycles. The summed E-state index contributed by atoms with van der Waals surface area (Å²) in [7, 11) is 0. The zero-order valence-electron chi connectivity index (χ0n) is 18.3. The molecule has 1 fully saturated rings. The summed E-state index contributed by atoms with van der Waals surface area (Å²) in [6.45, 7) is 0.964. The third-order valence-corrected chi connectivity index (χ3v) is 6.10. The predicted molar refractivity (Wildman–Crippen MR) is 117 cm³/mol. The second-order valence-corrected chi connectivity index (χ2v) is 8.52. The van der Waals surface area contributed by atoms with Gasteiger partial charge < -0.3 is 14.2 Å². The van der Waals surface area contributed by atoms with E-state index in [2.05, 4.69) is 4.98 Å². The van der Waals surface area contributed by atoms with Crippen molar-refractivity contribution in [1.29, 1.82) is 0 Å². The van der Waals surface area contributed by atoms with Crippen LogP contribution in [-0.2, 0) is 17.9 Å². The first-order valence-corrected chi connectivity index (χ1v) is 11.2. The van der Waals surface area contributed by atoms with E-state index in [9.17, 15) is 18.0 Å². The average Bonchev–Trinajstić information content (AvgIpc) is 3.48. The summed E-state index contributed by atoms with van der Waals surface area (Å²) >= 11 is 0. The van der Waals surface area contributed by atoms with Crippen LogP contribution in [-0.4, -0.2) is 28.4 Å². The molecule has 9 heteroatoms. The Hall–Kier alpha value is -3.33. The smallest absolute Gasteiger partial charge is 0.300 e. The summed E-state index contributed by atoms with van der Waals surface area (Å²) in [6, 6.07) is 9.38. The van der Waals surface area contributed by atoms with Gasteiger partial charge in [0, 0.05) is 17.7 Å². The Balaban J connectivity index is 1.22. The first-order valence-electron chi connectivity index (χ1n) is 11.2. The molecule has 0 spiro atoms. The van der Waals surface area contributed by atoms with Gasteiger partial charge in [-0.05, 0) is 36.6 Å². The summed E-state index contributed by atoms with van der Waals surface area (Å²) in [5.74, 6) is -2.73. The summed E-state index contributed by atoms with van der Waals surface area (Å²) in [4.78, 5) is 15.9. The fraction of sp³-hybridized carbons (Fsp3) is 0.360. The lowest BCUT2D eigenvalue weighted by Crippen LogP contribution is -2.23. The van der Waals surface area contributed by atoms with E-state index in [4.69, 9.17) is 14.2 Å². The Kier molecular flexibility index (Phi) is 6.28. The maximum absolute atomic E-state index is 14.0. The summed E-state index contributed by atoms with van der Waals surface area (Å²) in [5, 5.41) is 0. The van der Waals surface area contributed by atoms with Crippen molar-refractivity contribution in [2.24, 2.45) is 0 Å². The number of nitrogens with zero attached hydrogens (tertiary/aromatic N) is 2. The molecule has 0 unspecified atom stereocenters. The molecular weight excluding hydrogens is 449 g/mol. The topological polar surface area (TPSA) is 62.6 Å². The highest BCUT2D eigenvalue weighted by atomic mass is 19.2. The molecule has 2 aromatic carbocycles.